The lowest BCUT2D eigenvalue weighted by Gasteiger charge is -2.12. The van der Waals surface area contributed by atoms with Gasteiger partial charge in [-0.3, -0.25) is 4.79 Å². The number of rotatable bonds is 7. The van der Waals surface area contributed by atoms with Gasteiger partial charge in [0.15, 0.2) is 0 Å². The predicted octanol–water partition coefficient (Wildman–Crippen LogP) is 1.52. The molecule has 1 aromatic carbocycles. The van der Waals surface area contributed by atoms with Gasteiger partial charge in [0.25, 0.3) is 0 Å². The van der Waals surface area contributed by atoms with Gasteiger partial charge in [-0.15, -0.1) is 5.10 Å². The molecule has 1 aromatic heterocycles. The van der Waals surface area contributed by atoms with Crippen LogP contribution in [0.25, 0.3) is 5.69 Å². The summed E-state index contributed by atoms with van der Waals surface area (Å²) >= 11 is 1.32. The molecule has 0 bridgehead atoms. The highest BCUT2D eigenvalue weighted by molar-refractivity contribution is 8.00. The highest BCUT2D eigenvalue weighted by Gasteiger charge is 2.19. The lowest BCUT2D eigenvalue weighted by molar-refractivity contribution is -0.120. The highest BCUT2D eigenvalue weighted by atomic mass is 32.2. The number of aromatic nitrogens is 4. The number of carbonyl (C=O) groups excluding carboxylic acids is 1. The smallest absolute Gasteiger partial charge is 0.233 e. The van der Waals surface area contributed by atoms with E-state index in [4.69, 9.17) is 4.74 Å². The Morgan fingerprint density at radius 1 is 1.43 bits per heavy atom. The zero-order valence-electron chi connectivity index (χ0n) is 13.7. The third-order valence-corrected chi connectivity index (χ3v) is 4.31. The van der Waals surface area contributed by atoms with Gasteiger partial charge in [-0.25, -0.2) is 0 Å². The van der Waals surface area contributed by atoms with Crippen molar-refractivity contribution in [2.45, 2.75) is 31.2 Å². The van der Waals surface area contributed by atoms with Crippen LogP contribution in [0.5, 0.6) is 0 Å². The van der Waals surface area contributed by atoms with E-state index in [1.165, 1.54) is 17.3 Å². The lowest BCUT2D eigenvalue weighted by atomic mass is 10.1. The van der Waals surface area contributed by atoms with Crippen molar-refractivity contribution in [3.05, 3.63) is 29.3 Å². The maximum absolute atomic E-state index is 12.0. The molecule has 0 saturated heterocycles. The molecule has 0 aliphatic rings. The van der Waals surface area contributed by atoms with Gasteiger partial charge in [0.1, 0.15) is 0 Å². The number of carbonyl (C=O) groups is 1. The minimum absolute atomic E-state index is 0.0674. The molecule has 1 N–H and O–H groups in total. The normalized spacial score (nSPS) is 12.2. The summed E-state index contributed by atoms with van der Waals surface area (Å²) in [4.78, 5) is 12.0. The van der Waals surface area contributed by atoms with Crippen LogP contribution in [0.1, 0.15) is 18.1 Å². The average molecular weight is 335 g/mol. The fourth-order valence-electron chi connectivity index (χ4n) is 2.08. The molecule has 0 saturated carbocycles. The summed E-state index contributed by atoms with van der Waals surface area (Å²) in [6.07, 6.45) is 0. The molecule has 2 rings (SSSR count). The number of benzene rings is 1. The monoisotopic (exact) mass is 335 g/mol. The van der Waals surface area contributed by atoms with E-state index in [-0.39, 0.29) is 11.2 Å². The van der Waals surface area contributed by atoms with E-state index < -0.39 is 0 Å². The summed E-state index contributed by atoms with van der Waals surface area (Å²) in [5.41, 5.74) is 3.17. The van der Waals surface area contributed by atoms with Crippen molar-refractivity contribution < 1.29 is 9.53 Å². The van der Waals surface area contributed by atoms with Crippen molar-refractivity contribution in [3.8, 4) is 5.69 Å². The molecule has 0 aliphatic heterocycles. The van der Waals surface area contributed by atoms with Crippen molar-refractivity contribution in [1.82, 2.24) is 25.5 Å². The Morgan fingerprint density at radius 3 is 2.91 bits per heavy atom. The zero-order valence-corrected chi connectivity index (χ0v) is 14.6. The number of methoxy groups -OCH3 is 1. The first kappa shape index (κ1) is 17.4. The van der Waals surface area contributed by atoms with E-state index >= 15 is 0 Å². The molecule has 0 radical (unpaired) electrons. The first-order chi connectivity index (χ1) is 11.0. The topological polar surface area (TPSA) is 81.9 Å². The van der Waals surface area contributed by atoms with Gasteiger partial charge in [-0.2, -0.15) is 4.68 Å². The number of amides is 1. The predicted molar refractivity (Wildman–Crippen MR) is 88.8 cm³/mol. The molecule has 1 atom stereocenters. The molecule has 0 unspecified atom stereocenters. The van der Waals surface area contributed by atoms with Crippen LogP contribution in [0.3, 0.4) is 0 Å². The summed E-state index contributed by atoms with van der Waals surface area (Å²) in [6, 6.07) is 6.07. The van der Waals surface area contributed by atoms with E-state index in [9.17, 15) is 4.79 Å². The van der Waals surface area contributed by atoms with Gasteiger partial charge in [0.2, 0.25) is 11.1 Å². The highest BCUT2D eigenvalue weighted by Crippen LogP contribution is 2.24. The standard InChI is InChI=1S/C15H21N5O2S/c1-10-5-6-13(11(2)9-10)20-15(17-18-19-20)23-12(3)14(21)16-7-8-22-4/h5-6,9,12H,7-8H2,1-4H3,(H,16,21)/t12-/m0/s1. The Labute approximate surface area is 139 Å². The van der Waals surface area contributed by atoms with Crippen molar-refractivity contribution in [2.24, 2.45) is 0 Å². The van der Waals surface area contributed by atoms with Crippen LogP contribution in [-0.4, -0.2) is 51.6 Å². The molecule has 1 heterocycles. The zero-order chi connectivity index (χ0) is 16.8. The van der Waals surface area contributed by atoms with Crippen LogP contribution < -0.4 is 5.32 Å². The van der Waals surface area contributed by atoms with E-state index in [0.29, 0.717) is 18.3 Å². The molecule has 124 valence electrons. The summed E-state index contributed by atoms with van der Waals surface area (Å²) in [5, 5.41) is 14.9. The fourth-order valence-corrected chi connectivity index (χ4v) is 2.90. The summed E-state index contributed by atoms with van der Waals surface area (Å²) in [6.45, 7) is 6.86. The SMILES string of the molecule is COCCNC(=O)[C@H](C)Sc1nnnn1-c1ccc(C)cc1C. The molecular formula is C15H21N5O2S. The maximum atomic E-state index is 12.0. The van der Waals surface area contributed by atoms with Gasteiger partial charge in [0.05, 0.1) is 17.5 Å². The summed E-state index contributed by atoms with van der Waals surface area (Å²) in [5.74, 6) is -0.0674. The van der Waals surface area contributed by atoms with Crippen LogP contribution >= 0.6 is 11.8 Å². The first-order valence-corrected chi connectivity index (χ1v) is 8.20. The third-order valence-electron chi connectivity index (χ3n) is 3.28. The molecule has 8 heteroatoms. The van der Waals surface area contributed by atoms with Gasteiger partial charge in [-0.1, -0.05) is 29.5 Å². The fraction of sp³-hybridized carbons (Fsp3) is 0.467. The van der Waals surface area contributed by atoms with E-state index in [2.05, 4.69) is 26.9 Å². The molecule has 0 fully saturated rings. The number of nitrogens with zero attached hydrogens (tertiary/aromatic N) is 4. The van der Waals surface area contributed by atoms with Gasteiger partial charge >= 0.3 is 0 Å². The Kier molecular flexibility index (Phi) is 6.12. The molecular weight excluding hydrogens is 314 g/mol. The minimum Gasteiger partial charge on any atom is -0.383 e. The third kappa shape index (κ3) is 4.52. The lowest BCUT2D eigenvalue weighted by Crippen LogP contribution is -2.33. The van der Waals surface area contributed by atoms with Gasteiger partial charge < -0.3 is 10.1 Å². The number of hydrogen-bond donors (Lipinski definition) is 1. The van der Waals surface area contributed by atoms with Crippen LogP contribution in [0, 0.1) is 13.8 Å². The molecule has 1 amide bonds. The first-order valence-electron chi connectivity index (χ1n) is 7.32. The number of tetrazole rings is 1. The number of nitrogens with one attached hydrogen (secondary N) is 1. The van der Waals surface area contributed by atoms with Crippen LogP contribution in [0.4, 0.5) is 0 Å². The van der Waals surface area contributed by atoms with Crippen molar-refractivity contribution in [3.63, 3.8) is 0 Å². The maximum Gasteiger partial charge on any atom is 0.233 e. The van der Waals surface area contributed by atoms with Crippen LogP contribution in [0.2, 0.25) is 0 Å². The largest absolute Gasteiger partial charge is 0.383 e. The van der Waals surface area contributed by atoms with E-state index in [1.807, 2.05) is 32.9 Å². The van der Waals surface area contributed by atoms with E-state index in [1.54, 1.807) is 11.8 Å². The van der Waals surface area contributed by atoms with Gasteiger partial charge in [0, 0.05) is 13.7 Å². The van der Waals surface area contributed by atoms with Crippen LogP contribution in [0.15, 0.2) is 23.4 Å². The summed E-state index contributed by atoms with van der Waals surface area (Å²) < 4.78 is 6.58. The van der Waals surface area contributed by atoms with Crippen molar-refractivity contribution >= 4 is 17.7 Å². The molecule has 0 aliphatic carbocycles. The number of aryl methyl sites for hydroxylation is 2. The minimum atomic E-state index is -0.303. The molecule has 23 heavy (non-hydrogen) atoms. The quantitative estimate of drug-likeness (QED) is 0.610. The van der Waals surface area contributed by atoms with Crippen molar-refractivity contribution in [1.29, 1.82) is 0 Å². The van der Waals surface area contributed by atoms with E-state index in [0.717, 1.165) is 11.3 Å². The number of thioether (sulfide) groups is 1. The molecule has 7 nitrogen and oxygen atoms in total. The second-order valence-electron chi connectivity index (χ2n) is 5.21. The Balaban J connectivity index is 2.10. The van der Waals surface area contributed by atoms with Gasteiger partial charge in [-0.05, 0) is 42.8 Å². The average Bonchev–Trinajstić information content (AvgIpc) is 2.95. The van der Waals surface area contributed by atoms with Crippen LogP contribution in [-0.2, 0) is 9.53 Å². The molecule has 0 spiro atoms. The number of ether oxygens (including phenoxy) is 1. The Bertz CT molecular complexity index is 674. The Hall–Kier alpha value is -1.93. The van der Waals surface area contributed by atoms with Crippen molar-refractivity contribution in [2.75, 3.05) is 20.3 Å². The number of hydrogen-bond acceptors (Lipinski definition) is 6. The summed E-state index contributed by atoms with van der Waals surface area (Å²) in [7, 11) is 1.60. The second kappa shape index (κ2) is 8.07. The Morgan fingerprint density at radius 2 is 2.22 bits per heavy atom. The second-order valence-corrected chi connectivity index (χ2v) is 6.52. The molecule has 2 aromatic rings.